The number of thiol groups is 1. The summed E-state index contributed by atoms with van der Waals surface area (Å²) in [7, 11) is 0. The standard InChI is InChI=1S/C10H19NO4S2/c1-3-17-10-7(11-5(2)13)9(16)8(14)6(4-12)15-10/h6-10,12,14,16H,3-4H2,1-2H3,(H,11,13)/t6-,7-,8-,9-,10+/m1/s1. The minimum absolute atomic E-state index is 0.186. The molecule has 1 aliphatic rings. The molecule has 100 valence electrons. The van der Waals surface area contributed by atoms with Gasteiger partial charge in [0.25, 0.3) is 0 Å². The lowest BCUT2D eigenvalue weighted by Gasteiger charge is -2.42. The van der Waals surface area contributed by atoms with Gasteiger partial charge in [-0.2, -0.15) is 12.6 Å². The van der Waals surface area contributed by atoms with Gasteiger partial charge in [-0.3, -0.25) is 4.79 Å². The fourth-order valence-corrected chi connectivity index (χ4v) is 3.31. The van der Waals surface area contributed by atoms with Crippen LogP contribution in [0.3, 0.4) is 0 Å². The van der Waals surface area contributed by atoms with Crippen LogP contribution in [0.2, 0.25) is 0 Å². The van der Waals surface area contributed by atoms with E-state index in [1.165, 1.54) is 18.7 Å². The molecule has 5 nitrogen and oxygen atoms in total. The number of rotatable bonds is 4. The van der Waals surface area contributed by atoms with Gasteiger partial charge in [-0.15, -0.1) is 11.8 Å². The van der Waals surface area contributed by atoms with E-state index in [1.54, 1.807) is 0 Å². The first kappa shape index (κ1) is 15.1. The van der Waals surface area contributed by atoms with Gasteiger partial charge in [0.15, 0.2) is 0 Å². The van der Waals surface area contributed by atoms with E-state index in [4.69, 9.17) is 9.84 Å². The number of aliphatic hydroxyl groups is 2. The molecule has 0 aromatic rings. The first-order chi connectivity index (χ1) is 8.01. The van der Waals surface area contributed by atoms with Crippen molar-refractivity contribution < 1.29 is 19.7 Å². The van der Waals surface area contributed by atoms with E-state index in [-0.39, 0.29) is 24.0 Å². The molecular formula is C10H19NO4S2. The van der Waals surface area contributed by atoms with Gasteiger partial charge in [0.1, 0.15) is 11.5 Å². The van der Waals surface area contributed by atoms with Gasteiger partial charge < -0.3 is 20.3 Å². The molecule has 0 spiro atoms. The average Bonchev–Trinajstić information content (AvgIpc) is 2.28. The van der Waals surface area contributed by atoms with E-state index in [0.717, 1.165) is 5.75 Å². The molecule has 1 amide bonds. The number of hydrogen-bond acceptors (Lipinski definition) is 6. The number of hydrogen-bond donors (Lipinski definition) is 4. The van der Waals surface area contributed by atoms with Crippen LogP contribution in [0.5, 0.6) is 0 Å². The molecule has 5 atom stereocenters. The highest BCUT2D eigenvalue weighted by Crippen LogP contribution is 2.30. The maximum atomic E-state index is 11.1. The second-order valence-electron chi connectivity index (χ2n) is 3.89. The van der Waals surface area contributed by atoms with Gasteiger partial charge in [0.05, 0.1) is 24.0 Å². The van der Waals surface area contributed by atoms with Gasteiger partial charge in [0.2, 0.25) is 5.91 Å². The maximum absolute atomic E-state index is 11.1. The number of thioether (sulfide) groups is 1. The molecule has 1 rings (SSSR count). The van der Waals surface area contributed by atoms with Gasteiger partial charge in [-0.05, 0) is 5.75 Å². The minimum Gasteiger partial charge on any atom is -0.394 e. The fourth-order valence-electron chi connectivity index (χ4n) is 1.78. The Labute approximate surface area is 111 Å². The minimum atomic E-state index is -0.895. The molecule has 0 aliphatic carbocycles. The summed E-state index contributed by atoms with van der Waals surface area (Å²) < 4.78 is 5.57. The highest BCUT2D eigenvalue weighted by molar-refractivity contribution is 7.99. The quantitative estimate of drug-likeness (QED) is 0.528. The van der Waals surface area contributed by atoms with Crippen LogP contribution in [0.15, 0.2) is 0 Å². The smallest absolute Gasteiger partial charge is 0.217 e. The number of nitrogens with one attached hydrogen (secondary N) is 1. The Kier molecular flexibility index (Phi) is 6.08. The van der Waals surface area contributed by atoms with Crippen LogP contribution >= 0.6 is 24.4 Å². The lowest BCUT2D eigenvalue weighted by atomic mass is 10.0. The molecule has 7 heteroatoms. The van der Waals surface area contributed by atoms with Gasteiger partial charge in [0, 0.05) is 6.92 Å². The van der Waals surface area contributed by atoms with E-state index in [0.29, 0.717) is 0 Å². The second kappa shape index (κ2) is 6.84. The van der Waals surface area contributed by atoms with Crippen molar-refractivity contribution in [2.75, 3.05) is 12.4 Å². The van der Waals surface area contributed by atoms with Crippen molar-refractivity contribution in [2.45, 2.75) is 42.8 Å². The Morgan fingerprint density at radius 1 is 1.59 bits per heavy atom. The van der Waals surface area contributed by atoms with Crippen LogP contribution in [0.25, 0.3) is 0 Å². The lowest BCUT2D eigenvalue weighted by Crippen LogP contribution is -2.61. The average molecular weight is 281 g/mol. The van der Waals surface area contributed by atoms with Crippen molar-refractivity contribution in [3.8, 4) is 0 Å². The van der Waals surface area contributed by atoms with Crippen LogP contribution in [0.4, 0.5) is 0 Å². The van der Waals surface area contributed by atoms with E-state index in [1.807, 2.05) is 6.92 Å². The highest BCUT2D eigenvalue weighted by atomic mass is 32.2. The van der Waals surface area contributed by atoms with Crippen molar-refractivity contribution in [1.82, 2.24) is 5.32 Å². The van der Waals surface area contributed by atoms with Crippen molar-refractivity contribution in [1.29, 1.82) is 0 Å². The Morgan fingerprint density at radius 2 is 2.24 bits per heavy atom. The monoisotopic (exact) mass is 281 g/mol. The van der Waals surface area contributed by atoms with Gasteiger partial charge in [-0.1, -0.05) is 6.92 Å². The van der Waals surface area contributed by atoms with Crippen LogP contribution in [0.1, 0.15) is 13.8 Å². The predicted octanol–water partition coefficient (Wildman–Crippen LogP) is -0.379. The summed E-state index contributed by atoms with van der Waals surface area (Å²) in [6, 6.07) is -0.362. The largest absolute Gasteiger partial charge is 0.394 e. The molecule has 0 unspecified atom stereocenters. The molecule has 0 aromatic heterocycles. The molecule has 3 N–H and O–H groups in total. The first-order valence-electron chi connectivity index (χ1n) is 5.52. The SMILES string of the molecule is CCS[C@@H]1O[C@H](CO)[C@@H](O)[C@H](S)[C@H]1NC(C)=O. The molecule has 1 fully saturated rings. The van der Waals surface area contributed by atoms with Crippen LogP contribution in [0, 0.1) is 0 Å². The normalized spacial score (nSPS) is 37.8. The van der Waals surface area contributed by atoms with Gasteiger partial charge >= 0.3 is 0 Å². The van der Waals surface area contributed by atoms with Crippen LogP contribution in [-0.2, 0) is 9.53 Å². The summed E-state index contributed by atoms with van der Waals surface area (Å²) >= 11 is 5.84. The zero-order valence-electron chi connectivity index (χ0n) is 9.87. The third-order valence-electron chi connectivity index (χ3n) is 2.58. The number of aliphatic hydroxyl groups excluding tert-OH is 2. The molecular weight excluding hydrogens is 262 g/mol. The van der Waals surface area contributed by atoms with E-state index < -0.39 is 17.5 Å². The molecule has 0 aromatic carbocycles. The summed E-state index contributed by atoms with van der Waals surface area (Å²) in [6.07, 6.45) is -1.54. The van der Waals surface area contributed by atoms with Crippen molar-refractivity contribution in [3.63, 3.8) is 0 Å². The molecule has 17 heavy (non-hydrogen) atoms. The number of carbonyl (C=O) groups is 1. The fraction of sp³-hybridized carbons (Fsp3) is 0.900. The molecule has 0 radical (unpaired) electrons. The highest BCUT2D eigenvalue weighted by Gasteiger charge is 2.43. The van der Waals surface area contributed by atoms with Crippen LogP contribution in [-0.4, -0.2) is 57.4 Å². The summed E-state index contributed by atoms with van der Waals surface area (Å²) in [5, 5.41) is 21.3. The van der Waals surface area contributed by atoms with Crippen molar-refractivity contribution in [2.24, 2.45) is 0 Å². The Morgan fingerprint density at radius 3 is 2.71 bits per heavy atom. The molecule has 0 saturated carbocycles. The maximum Gasteiger partial charge on any atom is 0.217 e. The number of ether oxygens (including phenoxy) is 1. The Bertz CT molecular complexity index is 267. The van der Waals surface area contributed by atoms with Gasteiger partial charge in [-0.25, -0.2) is 0 Å². The zero-order chi connectivity index (χ0) is 13.0. The molecule has 0 bridgehead atoms. The van der Waals surface area contributed by atoms with E-state index in [9.17, 15) is 9.90 Å². The van der Waals surface area contributed by atoms with E-state index >= 15 is 0 Å². The first-order valence-corrected chi connectivity index (χ1v) is 7.09. The molecule has 1 saturated heterocycles. The lowest BCUT2D eigenvalue weighted by molar-refractivity contribution is -0.130. The molecule has 1 aliphatic heterocycles. The van der Waals surface area contributed by atoms with Crippen molar-refractivity contribution in [3.05, 3.63) is 0 Å². The summed E-state index contributed by atoms with van der Waals surface area (Å²) in [6.45, 7) is 3.13. The summed E-state index contributed by atoms with van der Waals surface area (Å²) in [5.41, 5.74) is -0.299. The third-order valence-corrected chi connectivity index (χ3v) is 4.27. The molecule has 1 heterocycles. The number of carbonyl (C=O) groups excluding carboxylic acids is 1. The van der Waals surface area contributed by atoms with Crippen molar-refractivity contribution >= 4 is 30.3 Å². The summed E-state index contributed by atoms with van der Waals surface area (Å²) in [5.74, 6) is 0.629. The predicted molar refractivity (Wildman–Crippen MR) is 70.3 cm³/mol. The third kappa shape index (κ3) is 3.75. The summed E-state index contributed by atoms with van der Waals surface area (Å²) in [4.78, 5) is 11.1. The second-order valence-corrected chi connectivity index (χ2v) is 5.86. The topological polar surface area (TPSA) is 78.8 Å². The number of amides is 1. The van der Waals surface area contributed by atoms with E-state index in [2.05, 4.69) is 17.9 Å². The Balaban J connectivity index is 2.78. The Hall–Kier alpha value is 0.0500. The zero-order valence-corrected chi connectivity index (χ0v) is 11.6. The van der Waals surface area contributed by atoms with Crippen LogP contribution < -0.4 is 5.32 Å².